The van der Waals surface area contributed by atoms with Crippen molar-refractivity contribution in [2.24, 2.45) is 0 Å². The summed E-state index contributed by atoms with van der Waals surface area (Å²) < 4.78 is 0. The highest BCUT2D eigenvalue weighted by molar-refractivity contribution is 5.84. The standard InChI is InChI=1S/C50H50N4/c1-5-51(37-41-20-9-7-10-21-41)43-24-15-28-47(34-43)53(45-26-13-18-39(3)32-45)49-30-17-31-50(36-49)54(46-27-14-19-40(4)33-46)48-29-16-25-44(35-48)52(6-2)38-42-22-11-8-12-23-42/h7-36H,5-6,37-38H2,1-4H3. The zero-order chi connectivity index (χ0) is 37.3. The van der Waals surface area contributed by atoms with E-state index in [2.05, 4.69) is 229 Å². The van der Waals surface area contributed by atoms with Crippen LogP contribution in [0.2, 0.25) is 0 Å². The van der Waals surface area contributed by atoms with Gasteiger partial charge in [-0.1, -0.05) is 103 Å². The molecule has 0 radical (unpaired) electrons. The summed E-state index contributed by atoms with van der Waals surface area (Å²) >= 11 is 0. The monoisotopic (exact) mass is 706 g/mol. The van der Waals surface area contributed by atoms with Crippen LogP contribution in [0.15, 0.2) is 182 Å². The van der Waals surface area contributed by atoms with Crippen LogP contribution in [-0.2, 0) is 13.1 Å². The molecule has 0 bridgehead atoms. The van der Waals surface area contributed by atoms with Gasteiger partial charge < -0.3 is 19.6 Å². The molecule has 0 unspecified atom stereocenters. The minimum Gasteiger partial charge on any atom is -0.367 e. The molecule has 0 atom stereocenters. The van der Waals surface area contributed by atoms with Crippen molar-refractivity contribution in [2.75, 3.05) is 32.7 Å². The van der Waals surface area contributed by atoms with Crippen LogP contribution in [0.1, 0.15) is 36.1 Å². The van der Waals surface area contributed by atoms with E-state index in [0.717, 1.165) is 60.3 Å². The van der Waals surface area contributed by atoms with E-state index >= 15 is 0 Å². The Labute approximate surface area is 322 Å². The van der Waals surface area contributed by atoms with Gasteiger partial charge in [-0.15, -0.1) is 0 Å². The molecule has 7 aromatic rings. The van der Waals surface area contributed by atoms with Gasteiger partial charge >= 0.3 is 0 Å². The molecule has 270 valence electrons. The van der Waals surface area contributed by atoms with Gasteiger partial charge in [-0.3, -0.25) is 0 Å². The molecular weight excluding hydrogens is 657 g/mol. The lowest BCUT2D eigenvalue weighted by Crippen LogP contribution is -2.22. The van der Waals surface area contributed by atoms with Crippen molar-refractivity contribution < 1.29 is 0 Å². The first kappa shape index (κ1) is 36.1. The molecule has 0 aliphatic rings. The average molecular weight is 707 g/mol. The van der Waals surface area contributed by atoms with Crippen molar-refractivity contribution in [1.82, 2.24) is 0 Å². The first-order valence-electron chi connectivity index (χ1n) is 19.1. The number of benzene rings is 7. The van der Waals surface area contributed by atoms with Crippen LogP contribution in [-0.4, -0.2) is 13.1 Å². The zero-order valence-electron chi connectivity index (χ0n) is 31.9. The third-order valence-electron chi connectivity index (χ3n) is 9.97. The van der Waals surface area contributed by atoms with Crippen LogP contribution < -0.4 is 19.6 Å². The number of hydrogen-bond donors (Lipinski definition) is 0. The van der Waals surface area contributed by atoms with Gasteiger partial charge in [0.1, 0.15) is 0 Å². The molecule has 4 heteroatoms. The van der Waals surface area contributed by atoms with Crippen molar-refractivity contribution in [1.29, 1.82) is 0 Å². The second-order valence-electron chi connectivity index (χ2n) is 13.9. The highest BCUT2D eigenvalue weighted by atomic mass is 15.2. The summed E-state index contributed by atoms with van der Waals surface area (Å²) in [6, 6.07) is 65.9. The van der Waals surface area contributed by atoms with Gasteiger partial charge in [0, 0.05) is 71.7 Å². The van der Waals surface area contributed by atoms with Crippen molar-refractivity contribution in [3.05, 3.63) is 204 Å². The molecule has 0 N–H and O–H groups in total. The molecule has 4 nitrogen and oxygen atoms in total. The lowest BCUT2D eigenvalue weighted by Gasteiger charge is -2.31. The largest absolute Gasteiger partial charge is 0.367 e. The molecule has 0 aliphatic carbocycles. The molecule has 0 heterocycles. The maximum atomic E-state index is 2.44. The van der Waals surface area contributed by atoms with E-state index in [1.807, 2.05) is 0 Å². The van der Waals surface area contributed by atoms with Gasteiger partial charge in [0.2, 0.25) is 0 Å². The van der Waals surface area contributed by atoms with E-state index in [0.29, 0.717) is 0 Å². The maximum Gasteiger partial charge on any atom is 0.0482 e. The minimum absolute atomic E-state index is 0.853. The lowest BCUT2D eigenvalue weighted by atomic mass is 10.1. The third kappa shape index (κ3) is 8.51. The van der Waals surface area contributed by atoms with Crippen molar-refractivity contribution >= 4 is 45.5 Å². The fourth-order valence-electron chi connectivity index (χ4n) is 7.24. The molecule has 0 saturated heterocycles. The summed E-state index contributed by atoms with van der Waals surface area (Å²) in [7, 11) is 0. The van der Waals surface area contributed by atoms with Crippen LogP contribution in [0.25, 0.3) is 0 Å². The highest BCUT2D eigenvalue weighted by Crippen LogP contribution is 2.42. The van der Waals surface area contributed by atoms with Crippen molar-refractivity contribution in [3.8, 4) is 0 Å². The Morgan fingerprint density at radius 2 is 0.611 bits per heavy atom. The van der Waals surface area contributed by atoms with Gasteiger partial charge in [-0.25, -0.2) is 0 Å². The summed E-state index contributed by atoms with van der Waals surface area (Å²) in [5.41, 5.74) is 14.1. The predicted octanol–water partition coefficient (Wildman–Crippen LogP) is 13.3. The molecule has 0 fully saturated rings. The van der Waals surface area contributed by atoms with E-state index in [1.165, 1.54) is 33.6 Å². The lowest BCUT2D eigenvalue weighted by molar-refractivity contribution is 0.832. The van der Waals surface area contributed by atoms with Gasteiger partial charge in [0.15, 0.2) is 0 Å². The second-order valence-corrected chi connectivity index (χ2v) is 13.9. The molecular formula is C50H50N4. The number of aryl methyl sites for hydroxylation is 2. The fraction of sp³-hybridized carbons (Fsp3) is 0.160. The minimum atomic E-state index is 0.853. The summed E-state index contributed by atoms with van der Waals surface area (Å²) in [4.78, 5) is 9.65. The van der Waals surface area contributed by atoms with Crippen molar-refractivity contribution in [2.45, 2.75) is 40.8 Å². The number of anilines is 8. The molecule has 0 saturated carbocycles. The predicted molar refractivity (Wildman–Crippen MR) is 232 cm³/mol. The van der Waals surface area contributed by atoms with Crippen LogP contribution in [0, 0.1) is 13.8 Å². The van der Waals surface area contributed by atoms with E-state index < -0.39 is 0 Å². The summed E-state index contributed by atoms with van der Waals surface area (Å²) in [5.74, 6) is 0. The topological polar surface area (TPSA) is 13.0 Å². The highest BCUT2D eigenvalue weighted by Gasteiger charge is 2.19. The van der Waals surface area contributed by atoms with Crippen molar-refractivity contribution in [3.63, 3.8) is 0 Å². The Kier molecular flexibility index (Phi) is 11.4. The second kappa shape index (κ2) is 17.0. The zero-order valence-corrected chi connectivity index (χ0v) is 31.9. The summed E-state index contributed by atoms with van der Waals surface area (Å²) in [6.07, 6.45) is 0. The molecule has 0 spiro atoms. The van der Waals surface area contributed by atoms with E-state index in [9.17, 15) is 0 Å². The van der Waals surface area contributed by atoms with Gasteiger partial charge in [-0.05, 0) is 129 Å². The Hall–Kier alpha value is -6.26. The fourth-order valence-corrected chi connectivity index (χ4v) is 7.24. The van der Waals surface area contributed by atoms with E-state index in [1.54, 1.807) is 0 Å². The third-order valence-corrected chi connectivity index (χ3v) is 9.97. The van der Waals surface area contributed by atoms with Gasteiger partial charge in [0.25, 0.3) is 0 Å². The average Bonchev–Trinajstić information content (AvgIpc) is 3.20. The molecule has 7 aromatic carbocycles. The summed E-state index contributed by atoms with van der Waals surface area (Å²) in [5, 5.41) is 0. The molecule has 7 rings (SSSR count). The Balaban J connectivity index is 1.31. The van der Waals surface area contributed by atoms with Gasteiger partial charge in [-0.2, -0.15) is 0 Å². The van der Waals surface area contributed by atoms with Gasteiger partial charge in [0.05, 0.1) is 0 Å². The van der Waals surface area contributed by atoms with Crippen LogP contribution in [0.5, 0.6) is 0 Å². The summed E-state index contributed by atoms with van der Waals surface area (Å²) in [6.45, 7) is 12.3. The molecule has 0 amide bonds. The molecule has 0 aromatic heterocycles. The Morgan fingerprint density at radius 1 is 0.315 bits per heavy atom. The first-order valence-corrected chi connectivity index (χ1v) is 19.1. The smallest absolute Gasteiger partial charge is 0.0482 e. The first-order chi connectivity index (χ1) is 26.5. The van der Waals surface area contributed by atoms with Crippen LogP contribution >= 0.6 is 0 Å². The molecule has 0 aliphatic heterocycles. The number of rotatable bonds is 14. The van der Waals surface area contributed by atoms with E-state index in [-0.39, 0.29) is 0 Å². The Morgan fingerprint density at radius 3 is 0.944 bits per heavy atom. The van der Waals surface area contributed by atoms with Crippen LogP contribution in [0.4, 0.5) is 45.5 Å². The maximum absolute atomic E-state index is 2.44. The quantitative estimate of drug-likeness (QED) is 0.112. The SMILES string of the molecule is CCN(Cc1ccccc1)c1cccc(N(c2cccc(C)c2)c2cccc(N(c3cccc(C)c3)c3cccc(N(CC)Cc4ccccc4)c3)c2)c1. The number of hydrogen-bond acceptors (Lipinski definition) is 4. The van der Waals surface area contributed by atoms with Crippen LogP contribution in [0.3, 0.4) is 0 Å². The molecule has 54 heavy (non-hydrogen) atoms. The van der Waals surface area contributed by atoms with E-state index in [4.69, 9.17) is 0 Å². The normalized spacial score (nSPS) is 10.9. The Bertz CT molecular complexity index is 2110. The number of nitrogens with zero attached hydrogens (tertiary/aromatic N) is 4.